The van der Waals surface area contributed by atoms with Crippen LogP contribution < -0.4 is 4.90 Å². The number of carbonyl (C=O) groups excluding carboxylic acids is 2. The molecule has 2 heterocycles. The number of nitrogens with zero attached hydrogens (tertiary/aromatic N) is 2. The summed E-state index contributed by atoms with van der Waals surface area (Å²) in [6.07, 6.45) is 1.49. The van der Waals surface area contributed by atoms with Crippen LogP contribution in [0.3, 0.4) is 0 Å². The Morgan fingerprint density at radius 1 is 1.04 bits per heavy atom. The molecule has 0 N–H and O–H groups in total. The Kier molecular flexibility index (Phi) is 4.15. The van der Waals surface area contributed by atoms with Crippen molar-refractivity contribution in [2.24, 2.45) is 0 Å². The van der Waals surface area contributed by atoms with E-state index in [0.29, 0.717) is 6.54 Å². The van der Waals surface area contributed by atoms with Crippen LogP contribution in [0.4, 0.5) is 5.69 Å². The number of ether oxygens (including phenoxy) is 2. The SMILES string of the molecule is CC1CN(c2ccc3ccccc3c2)C2(C)OC(=O)/C=C/C(=O)OC2N1C. The van der Waals surface area contributed by atoms with Gasteiger partial charge in [-0.05, 0) is 36.9 Å². The van der Waals surface area contributed by atoms with E-state index in [2.05, 4.69) is 19.1 Å². The maximum atomic E-state index is 12.3. The van der Waals surface area contributed by atoms with Gasteiger partial charge in [-0.15, -0.1) is 0 Å². The number of hydrogen-bond acceptors (Lipinski definition) is 6. The smallest absolute Gasteiger partial charge is 0.333 e. The van der Waals surface area contributed by atoms with E-state index in [1.54, 1.807) is 6.92 Å². The number of carbonyl (C=O) groups is 2. The Bertz CT molecular complexity index is 941. The van der Waals surface area contributed by atoms with Crippen LogP contribution >= 0.6 is 0 Å². The van der Waals surface area contributed by atoms with Crippen molar-refractivity contribution in [1.82, 2.24) is 4.90 Å². The largest absolute Gasteiger partial charge is 0.437 e. The van der Waals surface area contributed by atoms with E-state index in [9.17, 15) is 9.59 Å². The van der Waals surface area contributed by atoms with Crippen molar-refractivity contribution < 1.29 is 19.1 Å². The summed E-state index contributed by atoms with van der Waals surface area (Å²) in [5.41, 5.74) is -0.240. The van der Waals surface area contributed by atoms with Crippen LogP contribution in [-0.2, 0) is 19.1 Å². The molecule has 0 radical (unpaired) electrons. The number of likely N-dealkylation sites (N-methyl/N-ethyl adjacent to an activating group) is 1. The molecule has 0 saturated carbocycles. The van der Waals surface area contributed by atoms with Crippen LogP contribution in [0, 0.1) is 0 Å². The molecule has 1 fully saturated rings. The highest BCUT2D eigenvalue weighted by Crippen LogP contribution is 2.38. The molecule has 2 aliphatic rings. The molecule has 0 aliphatic carbocycles. The molecule has 1 saturated heterocycles. The fourth-order valence-corrected chi connectivity index (χ4v) is 3.84. The van der Waals surface area contributed by atoms with Crippen molar-refractivity contribution in [2.75, 3.05) is 18.5 Å². The van der Waals surface area contributed by atoms with Crippen LogP contribution in [0.25, 0.3) is 10.8 Å². The number of benzene rings is 2. The average Bonchev–Trinajstić information content (AvgIpc) is 2.65. The van der Waals surface area contributed by atoms with Crippen LogP contribution in [-0.4, -0.2) is 48.4 Å². The first-order valence-electron chi connectivity index (χ1n) is 8.98. The lowest BCUT2D eigenvalue weighted by atomic mass is 10.0. The second-order valence-corrected chi connectivity index (χ2v) is 7.25. The highest BCUT2D eigenvalue weighted by Gasteiger charge is 2.53. The lowest BCUT2D eigenvalue weighted by Crippen LogP contribution is -2.71. The summed E-state index contributed by atoms with van der Waals surface area (Å²) >= 11 is 0. The van der Waals surface area contributed by atoms with Gasteiger partial charge in [0.1, 0.15) is 0 Å². The summed E-state index contributed by atoms with van der Waals surface area (Å²) in [5.74, 6) is -1.12. The predicted molar refractivity (Wildman–Crippen MR) is 102 cm³/mol. The summed E-state index contributed by atoms with van der Waals surface area (Å²) in [6.45, 7) is 4.47. The molecule has 0 aromatic heterocycles. The second-order valence-electron chi connectivity index (χ2n) is 7.25. The highest BCUT2D eigenvalue weighted by atomic mass is 16.6. The number of piperazine rings is 1. The zero-order valence-electron chi connectivity index (χ0n) is 15.6. The molecule has 27 heavy (non-hydrogen) atoms. The number of fused-ring (bicyclic) bond motifs is 2. The summed E-state index contributed by atoms with van der Waals surface area (Å²) in [5, 5.41) is 2.23. The van der Waals surface area contributed by atoms with Gasteiger partial charge in [0.25, 0.3) is 0 Å². The Balaban J connectivity index is 1.83. The highest BCUT2D eigenvalue weighted by molar-refractivity contribution is 5.93. The summed E-state index contributed by atoms with van der Waals surface area (Å²) in [7, 11) is 1.87. The van der Waals surface area contributed by atoms with Gasteiger partial charge in [-0.3, -0.25) is 4.90 Å². The van der Waals surface area contributed by atoms with E-state index in [1.807, 2.05) is 47.2 Å². The van der Waals surface area contributed by atoms with E-state index in [1.165, 1.54) is 0 Å². The molecule has 2 aromatic rings. The molecule has 140 valence electrons. The minimum atomic E-state index is -1.15. The first kappa shape index (κ1) is 17.5. The molecular formula is C21H22N2O4. The summed E-state index contributed by atoms with van der Waals surface area (Å²) in [4.78, 5) is 28.3. The molecule has 3 unspecified atom stereocenters. The number of esters is 2. The standard InChI is InChI=1S/C21H22N2O4/c1-14-13-23(17-9-8-15-6-4-5-7-16(15)12-17)21(2)20(22(14)3)26-18(24)10-11-19(25)27-21/h4-12,14,20H,13H2,1-3H3/b11-10+. The molecule has 4 rings (SSSR count). The lowest BCUT2D eigenvalue weighted by Gasteiger charge is -2.54. The Hall–Kier alpha value is -2.86. The van der Waals surface area contributed by atoms with E-state index >= 15 is 0 Å². The minimum absolute atomic E-state index is 0.0875. The van der Waals surface area contributed by atoms with E-state index < -0.39 is 23.9 Å². The minimum Gasteiger partial charge on any atom is -0.437 e. The summed E-state index contributed by atoms with van der Waals surface area (Å²) in [6, 6.07) is 14.3. The zero-order chi connectivity index (χ0) is 19.2. The van der Waals surface area contributed by atoms with Crippen molar-refractivity contribution >= 4 is 28.4 Å². The Morgan fingerprint density at radius 3 is 2.52 bits per heavy atom. The van der Waals surface area contributed by atoms with Crippen LogP contribution in [0.5, 0.6) is 0 Å². The van der Waals surface area contributed by atoms with Gasteiger partial charge < -0.3 is 14.4 Å². The monoisotopic (exact) mass is 366 g/mol. The van der Waals surface area contributed by atoms with Crippen molar-refractivity contribution in [2.45, 2.75) is 31.8 Å². The maximum absolute atomic E-state index is 12.3. The number of hydrogen-bond donors (Lipinski definition) is 0. The molecule has 0 amide bonds. The fourth-order valence-electron chi connectivity index (χ4n) is 3.84. The number of anilines is 1. The third kappa shape index (κ3) is 2.96. The van der Waals surface area contributed by atoms with Gasteiger partial charge in [0.2, 0.25) is 12.0 Å². The van der Waals surface area contributed by atoms with Crippen LogP contribution in [0.2, 0.25) is 0 Å². The normalized spacial score (nSPS) is 30.1. The van der Waals surface area contributed by atoms with Gasteiger partial charge in [-0.1, -0.05) is 30.3 Å². The third-order valence-electron chi connectivity index (χ3n) is 5.44. The van der Waals surface area contributed by atoms with Gasteiger partial charge in [0.05, 0.1) is 0 Å². The predicted octanol–water partition coefficient (Wildman–Crippen LogP) is 2.68. The van der Waals surface area contributed by atoms with E-state index in [-0.39, 0.29) is 6.04 Å². The van der Waals surface area contributed by atoms with E-state index in [4.69, 9.17) is 9.47 Å². The Morgan fingerprint density at radius 2 is 1.74 bits per heavy atom. The van der Waals surface area contributed by atoms with Gasteiger partial charge in [-0.25, -0.2) is 9.59 Å². The first-order chi connectivity index (χ1) is 12.9. The number of rotatable bonds is 1. The lowest BCUT2D eigenvalue weighted by molar-refractivity contribution is -0.213. The van der Waals surface area contributed by atoms with Crippen LogP contribution in [0.15, 0.2) is 54.6 Å². The topological polar surface area (TPSA) is 59.1 Å². The summed E-state index contributed by atoms with van der Waals surface area (Å²) < 4.78 is 11.5. The van der Waals surface area contributed by atoms with Gasteiger partial charge in [-0.2, -0.15) is 0 Å². The van der Waals surface area contributed by atoms with Crippen molar-refractivity contribution in [3.8, 4) is 0 Å². The van der Waals surface area contributed by atoms with Crippen molar-refractivity contribution in [3.63, 3.8) is 0 Å². The van der Waals surface area contributed by atoms with Crippen molar-refractivity contribution in [1.29, 1.82) is 0 Å². The fraction of sp³-hybridized carbons (Fsp3) is 0.333. The first-order valence-corrected chi connectivity index (χ1v) is 8.98. The third-order valence-corrected chi connectivity index (χ3v) is 5.44. The van der Waals surface area contributed by atoms with E-state index in [0.717, 1.165) is 28.6 Å². The molecule has 0 spiro atoms. The Labute approximate surface area is 157 Å². The molecule has 6 nitrogen and oxygen atoms in total. The van der Waals surface area contributed by atoms with Gasteiger partial charge >= 0.3 is 11.9 Å². The quantitative estimate of drug-likeness (QED) is 0.724. The maximum Gasteiger partial charge on any atom is 0.333 e. The van der Waals surface area contributed by atoms with Gasteiger partial charge in [0, 0.05) is 37.3 Å². The van der Waals surface area contributed by atoms with Crippen molar-refractivity contribution in [3.05, 3.63) is 54.6 Å². The molecule has 0 bridgehead atoms. The average molecular weight is 366 g/mol. The molecule has 6 heteroatoms. The van der Waals surface area contributed by atoms with Gasteiger partial charge in [0.15, 0.2) is 0 Å². The second kappa shape index (κ2) is 6.39. The molecule has 2 aromatic carbocycles. The molecular weight excluding hydrogens is 344 g/mol. The van der Waals surface area contributed by atoms with Crippen LogP contribution in [0.1, 0.15) is 13.8 Å². The molecule has 2 aliphatic heterocycles. The molecule has 3 atom stereocenters. The zero-order valence-corrected chi connectivity index (χ0v) is 15.6.